The molecule has 0 bridgehead atoms. The molecule has 46 heavy (non-hydrogen) atoms. The summed E-state index contributed by atoms with van der Waals surface area (Å²) in [5.41, 5.74) is -0.331. The van der Waals surface area contributed by atoms with Crippen LogP contribution >= 0.6 is 0 Å². The molecule has 0 unspecified atom stereocenters. The number of aliphatic carboxylic acids is 2. The quantitative estimate of drug-likeness (QED) is 0.0906. The van der Waals surface area contributed by atoms with E-state index >= 15 is 0 Å². The van der Waals surface area contributed by atoms with Crippen molar-refractivity contribution >= 4 is 29.8 Å². The first-order valence-corrected chi connectivity index (χ1v) is 13.5. The third kappa shape index (κ3) is 13.1. The number of nitro benzene ring substituents is 1. The highest BCUT2D eigenvalue weighted by Crippen LogP contribution is 2.40. The first kappa shape index (κ1) is 39.9. The van der Waals surface area contributed by atoms with E-state index in [0.29, 0.717) is 26.7 Å². The van der Waals surface area contributed by atoms with Gasteiger partial charge in [-0.3, -0.25) is 24.5 Å². The number of hydrogen-bond donors (Lipinski definition) is 3. The number of carboxylic acid groups (broad SMARTS) is 2. The number of nitrogens with zero attached hydrogens (tertiary/aromatic N) is 1. The minimum Gasteiger partial charge on any atom is -0.481 e. The van der Waals surface area contributed by atoms with Crippen molar-refractivity contribution in [3.05, 3.63) is 34.4 Å². The zero-order chi connectivity index (χ0) is 35.8. The van der Waals surface area contributed by atoms with Gasteiger partial charge in [0, 0.05) is 12.1 Å². The Balaban J connectivity index is 0.000000373. The van der Waals surface area contributed by atoms with Crippen molar-refractivity contribution in [1.29, 1.82) is 0 Å². The molecule has 2 aliphatic rings. The molecule has 3 rings (SSSR count). The second kappa shape index (κ2) is 15.4. The Bertz CT molecular complexity index is 1240. The van der Waals surface area contributed by atoms with Crippen LogP contribution in [0.25, 0.3) is 0 Å². The number of nitro groups is 1. The molecule has 2 atom stereocenters. The predicted molar refractivity (Wildman–Crippen MR) is 143 cm³/mol. The summed E-state index contributed by atoms with van der Waals surface area (Å²) in [5.74, 6) is -4.12. The average Bonchev–Trinajstić information content (AvgIpc) is 3.79. The van der Waals surface area contributed by atoms with Gasteiger partial charge >= 0.3 is 36.4 Å². The minimum atomic E-state index is -4.75. The van der Waals surface area contributed by atoms with Gasteiger partial charge in [-0.25, -0.2) is 4.79 Å². The molecule has 0 aromatic heterocycles. The number of carbonyl (C=O) groups excluding carboxylic acids is 2. The van der Waals surface area contributed by atoms with Crippen LogP contribution in [-0.2, 0) is 23.9 Å². The Hall–Kier alpha value is -4.16. The normalized spacial score (nSPS) is 16.2. The Labute approximate surface area is 258 Å². The minimum absolute atomic E-state index is 0.121. The molecule has 0 amide bonds. The number of carbonyl (C=O) groups is 4. The lowest BCUT2D eigenvalue weighted by atomic mass is 10.00. The Kier molecular flexibility index (Phi) is 13.4. The fraction of sp³-hybridized carbons (Fsp3) is 0.630. The van der Waals surface area contributed by atoms with Crippen molar-refractivity contribution in [3.63, 3.8) is 0 Å². The van der Waals surface area contributed by atoms with Crippen LogP contribution in [-0.4, -0.2) is 68.8 Å². The van der Waals surface area contributed by atoms with E-state index in [-0.39, 0.29) is 23.3 Å². The van der Waals surface area contributed by atoms with Crippen LogP contribution in [0.2, 0.25) is 0 Å². The number of non-ortho nitro benzene ring substituents is 1. The smallest absolute Gasteiger partial charge is 0.481 e. The summed E-state index contributed by atoms with van der Waals surface area (Å²) in [6.07, 6.45) is -8.14. The van der Waals surface area contributed by atoms with Gasteiger partial charge in [-0.05, 0) is 77.3 Å². The largest absolute Gasteiger partial charge is 0.514 e. The monoisotopic (exact) mass is 676 g/mol. The van der Waals surface area contributed by atoms with Crippen molar-refractivity contribution in [2.24, 2.45) is 23.5 Å². The molecule has 4 N–H and O–H groups in total. The van der Waals surface area contributed by atoms with E-state index in [2.05, 4.69) is 14.2 Å². The molecule has 0 radical (unpaired) electrons. The number of ether oxygens (including phenoxy) is 3. The molecule has 0 aliphatic heterocycles. The van der Waals surface area contributed by atoms with Gasteiger partial charge in [0.05, 0.1) is 17.3 Å². The van der Waals surface area contributed by atoms with Crippen LogP contribution in [0.15, 0.2) is 24.3 Å². The van der Waals surface area contributed by atoms with Gasteiger partial charge < -0.3 is 30.2 Å². The van der Waals surface area contributed by atoms with Gasteiger partial charge in [-0.15, -0.1) is 0 Å². The second-order valence-electron chi connectivity index (χ2n) is 11.4. The third-order valence-corrected chi connectivity index (χ3v) is 6.63. The van der Waals surface area contributed by atoms with Crippen LogP contribution in [0.5, 0.6) is 5.75 Å². The van der Waals surface area contributed by atoms with Crippen LogP contribution in [0.4, 0.5) is 36.8 Å². The van der Waals surface area contributed by atoms with Gasteiger partial charge in [0.2, 0.25) is 11.2 Å². The van der Waals surface area contributed by atoms with Gasteiger partial charge in [-0.1, -0.05) is 0 Å². The Morgan fingerprint density at radius 2 is 1.28 bits per heavy atom. The van der Waals surface area contributed by atoms with E-state index in [1.165, 1.54) is 0 Å². The summed E-state index contributed by atoms with van der Waals surface area (Å²) in [6.45, 7) is 2.81. The van der Waals surface area contributed by atoms with Gasteiger partial charge in [0.1, 0.15) is 11.8 Å². The summed E-state index contributed by atoms with van der Waals surface area (Å²) >= 11 is 0. The summed E-state index contributed by atoms with van der Waals surface area (Å²) in [4.78, 5) is 53.2. The number of benzene rings is 1. The zero-order valence-corrected chi connectivity index (χ0v) is 25.0. The maximum Gasteiger partial charge on any atom is 0.514 e. The highest BCUT2D eigenvalue weighted by atomic mass is 19.4. The third-order valence-electron chi connectivity index (χ3n) is 6.63. The Morgan fingerprint density at radius 1 is 0.848 bits per heavy atom. The van der Waals surface area contributed by atoms with E-state index in [1.54, 1.807) is 0 Å². The molecule has 0 spiro atoms. The molecule has 13 nitrogen and oxygen atoms in total. The van der Waals surface area contributed by atoms with E-state index < -0.39 is 70.9 Å². The first-order chi connectivity index (χ1) is 20.8. The van der Waals surface area contributed by atoms with E-state index in [0.717, 1.165) is 51.0 Å². The molecular weight excluding hydrogens is 642 g/mol. The summed E-state index contributed by atoms with van der Waals surface area (Å²) in [7, 11) is 0. The number of carboxylic acids is 2. The molecule has 1 aromatic rings. The van der Waals surface area contributed by atoms with Crippen molar-refractivity contribution in [3.8, 4) is 5.75 Å². The molecule has 0 saturated heterocycles. The summed E-state index contributed by atoms with van der Waals surface area (Å²) in [6, 6.07) is 3.62. The standard InChI is InChI=1S/C11H10F3NO5.C11H15F3O4.C5H9NO2/c1-10(2,11(12,13)14)20-9(16)19-8-5-3-7(4-6-8)15(17)18;1-10(2,11(12,13)14)18-8(15)5-7(9(16)17)6-3-4-6;6-4(5(7)8)3-1-2-3/h3-6H,1-2H3;6-7H,3-5H2,1-2H3,(H,16,17);3-4H,1-2,6H2,(H,7,8)/t;7-;4-/m.00/s1. The number of hydrogen-bond acceptors (Lipinski definition) is 10. The fourth-order valence-corrected chi connectivity index (χ4v) is 3.19. The maximum absolute atomic E-state index is 12.5. The molecule has 260 valence electrons. The molecule has 2 saturated carbocycles. The predicted octanol–water partition coefficient (Wildman–Crippen LogP) is 5.63. The SMILES string of the molecule is CC(C)(OC(=O)C[C@H](C(=O)O)C1CC1)C(F)(F)F.CC(C)(OC(=O)Oc1ccc([N+](=O)[O-])cc1)C(F)(F)F.N[C@H](C(=O)O)C1CC1. The van der Waals surface area contributed by atoms with Gasteiger partial charge in [-0.2, -0.15) is 26.3 Å². The number of nitrogens with two attached hydrogens (primary N) is 1. The van der Waals surface area contributed by atoms with Crippen molar-refractivity contribution in [2.45, 2.75) is 89.4 Å². The topological polar surface area (TPSA) is 206 Å². The lowest BCUT2D eigenvalue weighted by molar-refractivity contribution is -0.384. The van der Waals surface area contributed by atoms with E-state index in [4.69, 9.17) is 15.9 Å². The van der Waals surface area contributed by atoms with E-state index in [9.17, 15) is 55.6 Å². The van der Waals surface area contributed by atoms with Gasteiger partial charge in [0.15, 0.2) is 0 Å². The number of alkyl halides is 6. The Morgan fingerprint density at radius 3 is 1.61 bits per heavy atom. The average molecular weight is 677 g/mol. The lowest BCUT2D eigenvalue weighted by Gasteiger charge is -2.28. The van der Waals surface area contributed by atoms with Crippen molar-refractivity contribution in [1.82, 2.24) is 0 Å². The van der Waals surface area contributed by atoms with Crippen molar-refractivity contribution in [2.75, 3.05) is 0 Å². The molecular formula is C27H34F6N2O11. The van der Waals surface area contributed by atoms with Crippen LogP contribution in [0.1, 0.15) is 59.8 Å². The highest BCUT2D eigenvalue weighted by Gasteiger charge is 2.52. The first-order valence-electron chi connectivity index (χ1n) is 13.5. The maximum atomic E-state index is 12.5. The molecule has 0 heterocycles. The molecule has 2 aliphatic carbocycles. The number of esters is 1. The highest BCUT2D eigenvalue weighted by molar-refractivity contribution is 5.79. The van der Waals surface area contributed by atoms with E-state index in [1.807, 2.05) is 0 Å². The molecule has 1 aromatic carbocycles. The van der Waals surface area contributed by atoms with Crippen LogP contribution < -0.4 is 10.5 Å². The van der Waals surface area contributed by atoms with Crippen LogP contribution in [0.3, 0.4) is 0 Å². The lowest BCUT2D eigenvalue weighted by Crippen LogP contribution is -2.44. The number of halogens is 6. The molecule has 2 fully saturated rings. The summed E-state index contributed by atoms with van der Waals surface area (Å²) < 4.78 is 87.8. The fourth-order valence-electron chi connectivity index (χ4n) is 3.19. The van der Waals surface area contributed by atoms with Crippen LogP contribution in [0, 0.1) is 27.9 Å². The van der Waals surface area contributed by atoms with Crippen molar-refractivity contribution < 1.29 is 74.9 Å². The molecule has 19 heteroatoms. The zero-order valence-electron chi connectivity index (χ0n) is 25.0. The number of rotatable bonds is 10. The summed E-state index contributed by atoms with van der Waals surface area (Å²) in [5, 5.41) is 27.5. The second-order valence-corrected chi connectivity index (χ2v) is 11.4. The van der Waals surface area contributed by atoms with Gasteiger partial charge in [0.25, 0.3) is 5.69 Å².